The van der Waals surface area contributed by atoms with Crippen LogP contribution in [0, 0.1) is 27.7 Å². The number of aliphatic carboxylic acids is 1. The van der Waals surface area contributed by atoms with E-state index in [9.17, 15) is 18.0 Å². The van der Waals surface area contributed by atoms with Crippen LogP contribution in [0.25, 0.3) is 10.9 Å². The lowest BCUT2D eigenvalue weighted by molar-refractivity contribution is -0.192. The SMILES string of the molecule is Cc1ccc2nc(C)c(C(=O)N(C)CCn3nc(C)cc3C)cc2c1.O=C(O)C(F)(F)F. The first-order chi connectivity index (χ1) is 14.8. The molecule has 172 valence electrons. The number of benzene rings is 1. The van der Waals surface area contributed by atoms with E-state index in [2.05, 4.69) is 16.1 Å². The normalized spacial score (nSPS) is 11.1. The number of carbonyl (C=O) groups excluding carboxylic acids is 1. The number of carbonyl (C=O) groups is 2. The summed E-state index contributed by atoms with van der Waals surface area (Å²) in [5, 5.41) is 12.6. The Hall–Kier alpha value is -3.43. The van der Waals surface area contributed by atoms with Crippen molar-refractivity contribution < 1.29 is 27.9 Å². The largest absolute Gasteiger partial charge is 0.490 e. The topological polar surface area (TPSA) is 88.3 Å². The van der Waals surface area contributed by atoms with Crippen LogP contribution in [0.15, 0.2) is 30.3 Å². The van der Waals surface area contributed by atoms with E-state index < -0.39 is 12.1 Å². The van der Waals surface area contributed by atoms with Crippen molar-refractivity contribution in [1.82, 2.24) is 19.7 Å². The molecule has 0 saturated carbocycles. The Morgan fingerprint density at radius 2 is 1.72 bits per heavy atom. The molecule has 1 amide bonds. The van der Waals surface area contributed by atoms with Crippen LogP contribution in [0.3, 0.4) is 0 Å². The van der Waals surface area contributed by atoms with Crippen LogP contribution in [-0.2, 0) is 11.3 Å². The van der Waals surface area contributed by atoms with Gasteiger partial charge in [-0.25, -0.2) is 4.79 Å². The number of carboxylic acid groups (broad SMARTS) is 1. The third-order valence-electron chi connectivity index (χ3n) is 4.73. The molecule has 2 aromatic heterocycles. The summed E-state index contributed by atoms with van der Waals surface area (Å²) in [6.07, 6.45) is -5.08. The third kappa shape index (κ3) is 6.29. The second-order valence-electron chi connectivity index (χ2n) is 7.50. The standard InChI is InChI=1S/C20H24N4O.C2HF3O2/c1-13-6-7-19-17(10-13)12-18(16(4)21-19)20(25)23(5)8-9-24-15(3)11-14(2)22-24;3-2(4,5)1(6)7/h6-7,10-12H,8-9H2,1-5H3;(H,6,7). The summed E-state index contributed by atoms with van der Waals surface area (Å²) < 4.78 is 33.7. The average Bonchev–Trinajstić information content (AvgIpc) is 3.02. The molecule has 10 heteroatoms. The smallest absolute Gasteiger partial charge is 0.475 e. The Bertz CT molecular complexity index is 1140. The minimum Gasteiger partial charge on any atom is -0.475 e. The molecule has 0 aliphatic heterocycles. The Labute approximate surface area is 183 Å². The molecule has 0 aliphatic carbocycles. The second-order valence-corrected chi connectivity index (χ2v) is 7.50. The van der Waals surface area contributed by atoms with E-state index in [0.717, 1.165) is 33.5 Å². The van der Waals surface area contributed by atoms with Crippen molar-refractivity contribution in [3.63, 3.8) is 0 Å². The monoisotopic (exact) mass is 450 g/mol. The van der Waals surface area contributed by atoms with Crippen molar-refractivity contribution in [2.75, 3.05) is 13.6 Å². The van der Waals surface area contributed by atoms with Gasteiger partial charge in [-0.2, -0.15) is 18.3 Å². The molecular formula is C22H25F3N4O3. The maximum absolute atomic E-state index is 12.9. The number of alkyl halides is 3. The van der Waals surface area contributed by atoms with E-state index in [1.165, 1.54) is 0 Å². The van der Waals surface area contributed by atoms with Crippen molar-refractivity contribution in [3.05, 3.63) is 58.5 Å². The lowest BCUT2D eigenvalue weighted by atomic mass is 10.1. The molecule has 0 radical (unpaired) electrons. The Morgan fingerprint density at radius 3 is 2.25 bits per heavy atom. The summed E-state index contributed by atoms with van der Waals surface area (Å²) in [6.45, 7) is 9.22. The lowest BCUT2D eigenvalue weighted by Crippen LogP contribution is -2.31. The first kappa shape index (κ1) is 24.8. The average molecular weight is 450 g/mol. The molecule has 0 fully saturated rings. The molecule has 0 saturated heterocycles. The molecule has 1 N–H and O–H groups in total. The Morgan fingerprint density at radius 1 is 1.09 bits per heavy atom. The van der Waals surface area contributed by atoms with Gasteiger partial charge in [-0.3, -0.25) is 14.5 Å². The number of rotatable bonds is 4. The molecule has 0 unspecified atom stereocenters. The number of pyridine rings is 1. The second kappa shape index (κ2) is 9.80. The van der Waals surface area contributed by atoms with Crippen LogP contribution in [0.5, 0.6) is 0 Å². The number of aromatic nitrogens is 3. The van der Waals surface area contributed by atoms with Gasteiger partial charge in [0.1, 0.15) is 0 Å². The van der Waals surface area contributed by atoms with Gasteiger partial charge < -0.3 is 10.0 Å². The highest BCUT2D eigenvalue weighted by atomic mass is 19.4. The number of nitrogens with zero attached hydrogens (tertiary/aromatic N) is 4. The van der Waals surface area contributed by atoms with Crippen molar-refractivity contribution in [2.24, 2.45) is 0 Å². The maximum atomic E-state index is 12.9. The van der Waals surface area contributed by atoms with E-state index in [-0.39, 0.29) is 5.91 Å². The fraction of sp³-hybridized carbons (Fsp3) is 0.364. The number of amides is 1. The summed E-state index contributed by atoms with van der Waals surface area (Å²) >= 11 is 0. The van der Waals surface area contributed by atoms with Gasteiger partial charge in [0.05, 0.1) is 29.0 Å². The minimum absolute atomic E-state index is 0.00469. The summed E-state index contributed by atoms with van der Waals surface area (Å²) in [5.41, 5.74) is 5.61. The van der Waals surface area contributed by atoms with Gasteiger partial charge >= 0.3 is 12.1 Å². The predicted octanol–water partition coefficient (Wildman–Crippen LogP) is 4.07. The van der Waals surface area contributed by atoms with Gasteiger partial charge in [0.25, 0.3) is 5.91 Å². The highest BCUT2D eigenvalue weighted by molar-refractivity contribution is 5.98. The van der Waals surface area contributed by atoms with Gasteiger partial charge in [-0.15, -0.1) is 0 Å². The number of carboxylic acids is 1. The minimum atomic E-state index is -5.08. The van der Waals surface area contributed by atoms with Gasteiger partial charge in [0.2, 0.25) is 0 Å². The lowest BCUT2D eigenvalue weighted by Gasteiger charge is -2.19. The number of hydrogen-bond donors (Lipinski definition) is 1. The molecule has 0 spiro atoms. The van der Waals surface area contributed by atoms with Gasteiger partial charge in [-0.05, 0) is 52.0 Å². The first-order valence-electron chi connectivity index (χ1n) is 9.74. The van der Waals surface area contributed by atoms with Crippen molar-refractivity contribution in [1.29, 1.82) is 0 Å². The molecule has 7 nitrogen and oxygen atoms in total. The zero-order chi connectivity index (χ0) is 24.2. The first-order valence-corrected chi connectivity index (χ1v) is 9.74. The van der Waals surface area contributed by atoms with Crippen LogP contribution < -0.4 is 0 Å². The van der Waals surface area contributed by atoms with Crippen molar-refractivity contribution in [2.45, 2.75) is 40.4 Å². The van der Waals surface area contributed by atoms with Gasteiger partial charge in [0, 0.05) is 24.7 Å². The number of likely N-dealkylation sites (N-methyl/N-ethyl adjacent to an activating group) is 1. The van der Waals surface area contributed by atoms with E-state index in [1.807, 2.05) is 63.7 Å². The quantitative estimate of drug-likeness (QED) is 0.647. The number of halogens is 3. The van der Waals surface area contributed by atoms with E-state index in [1.54, 1.807) is 4.90 Å². The molecule has 3 rings (SSSR count). The molecule has 3 aromatic rings. The molecular weight excluding hydrogens is 425 g/mol. The number of hydrogen-bond acceptors (Lipinski definition) is 4. The van der Waals surface area contributed by atoms with Crippen molar-refractivity contribution >= 4 is 22.8 Å². The van der Waals surface area contributed by atoms with E-state index >= 15 is 0 Å². The highest BCUT2D eigenvalue weighted by Crippen LogP contribution is 2.19. The highest BCUT2D eigenvalue weighted by Gasteiger charge is 2.38. The van der Waals surface area contributed by atoms with E-state index in [0.29, 0.717) is 18.7 Å². The third-order valence-corrected chi connectivity index (χ3v) is 4.73. The van der Waals surface area contributed by atoms with E-state index in [4.69, 9.17) is 9.90 Å². The maximum Gasteiger partial charge on any atom is 0.490 e. The van der Waals surface area contributed by atoms with Crippen LogP contribution in [0.1, 0.15) is 33.0 Å². The fourth-order valence-corrected chi connectivity index (χ4v) is 3.06. The van der Waals surface area contributed by atoms with Crippen LogP contribution in [-0.4, -0.2) is 56.4 Å². The number of aryl methyl sites for hydroxylation is 4. The van der Waals surface area contributed by atoms with Gasteiger partial charge in [0.15, 0.2) is 0 Å². The number of fused-ring (bicyclic) bond motifs is 1. The molecule has 2 heterocycles. The Kier molecular flexibility index (Phi) is 7.60. The summed E-state index contributed by atoms with van der Waals surface area (Å²) in [7, 11) is 1.83. The summed E-state index contributed by atoms with van der Waals surface area (Å²) in [6, 6.07) is 10.1. The Balaban J connectivity index is 0.000000451. The summed E-state index contributed by atoms with van der Waals surface area (Å²) in [4.78, 5) is 28.1. The van der Waals surface area contributed by atoms with Crippen LogP contribution in [0.2, 0.25) is 0 Å². The molecule has 0 aliphatic rings. The molecule has 1 aromatic carbocycles. The zero-order valence-electron chi connectivity index (χ0n) is 18.5. The molecule has 0 bridgehead atoms. The van der Waals surface area contributed by atoms with Gasteiger partial charge in [-0.1, -0.05) is 11.6 Å². The fourth-order valence-electron chi connectivity index (χ4n) is 3.06. The summed E-state index contributed by atoms with van der Waals surface area (Å²) in [5.74, 6) is -2.76. The van der Waals surface area contributed by atoms with Crippen LogP contribution in [0.4, 0.5) is 13.2 Å². The molecule has 0 atom stereocenters. The zero-order valence-corrected chi connectivity index (χ0v) is 18.5. The molecule has 32 heavy (non-hydrogen) atoms. The van der Waals surface area contributed by atoms with Crippen molar-refractivity contribution in [3.8, 4) is 0 Å². The predicted molar refractivity (Wildman–Crippen MR) is 114 cm³/mol. The van der Waals surface area contributed by atoms with Crippen LogP contribution >= 0.6 is 0 Å².